The largest absolute Gasteiger partial charge is 0.389 e. The van der Waals surface area contributed by atoms with Crippen LogP contribution in [-0.4, -0.2) is 42.7 Å². The third-order valence-corrected chi connectivity index (χ3v) is 3.01. The van der Waals surface area contributed by atoms with Gasteiger partial charge < -0.3 is 20.6 Å². The van der Waals surface area contributed by atoms with Gasteiger partial charge in [-0.3, -0.25) is 0 Å². The fourth-order valence-electron chi connectivity index (χ4n) is 1.79. The van der Waals surface area contributed by atoms with Gasteiger partial charge in [0.25, 0.3) is 0 Å². The molecule has 1 aromatic carbocycles. The van der Waals surface area contributed by atoms with Gasteiger partial charge in [-0.05, 0) is 58.6 Å². The number of benzene rings is 1. The molecule has 5 nitrogen and oxygen atoms in total. The van der Waals surface area contributed by atoms with Gasteiger partial charge in [0, 0.05) is 11.7 Å². The Labute approximate surface area is 121 Å². The van der Waals surface area contributed by atoms with Crippen LogP contribution in [0, 0.1) is 0 Å². The van der Waals surface area contributed by atoms with E-state index in [2.05, 4.69) is 15.5 Å². The van der Waals surface area contributed by atoms with Crippen LogP contribution in [0.25, 0.3) is 0 Å². The third kappa shape index (κ3) is 6.04. The lowest BCUT2D eigenvalue weighted by Crippen LogP contribution is -2.37. The monoisotopic (exact) mass is 279 g/mol. The standard InChI is InChI=1S/C15H25N3O2/c1-11(8-9-18(3)4)16-15(20)17-14-7-5-6-13(10-14)12(2)19/h5-7,10-12,19H,8-9H2,1-4H3,(H2,16,17,20). The summed E-state index contributed by atoms with van der Waals surface area (Å²) in [5, 5.41) is 15.2. The van der Waals surface area contributed by atoms with E-state index < -0.39 is 6.10 Å². The third-order valence-electron chi connectivity index (χ3n) is 3.01. The first-order chi connectivity index (χ1) is 9.38. The lowest BCUT2D eigenvalue weighted by molar-refractivity contribution is 0.199. The molecule has 5 heteroatoms. The minimum absolute atomic E-state index is 0.109. The molecule has 2 atom stereocenters. The van der Waals surface area contributed by atoms with Crippen molar-refractivity contribution in [3.63, 3.8) is 0 Å². The fourth-order valence-corrected chi connectivity index (χ4v) is 1.79. The van der Waals surface area contributed by atoms with Crippen LogP contribution in [0.2, 0.25) is 0 Å². The molecule has 0 fully saturated rings. The minimum atomic E-state index is -0.543. The number of urea groups is 1. The SMILES string of the molecule is CC(CCN(C)C)NC(=O)Nc1cccc(C(C)O)c1. The number of anilines is 1. The predicted molar refractivity (Wildman–Crippen MR) is 81.9 cm³/mol. The van der Waals surface area contributed by atoms with Gasteiger partial charge in [0.15, 0.2) is 0 Å². The second-order valence-corrected chi connectivity index (χ2v) is 5.39. The first-order valence-electron chi connectivity index (χ1n) is 6.88. The number of rotatable bonds is 6. The van der Waals surface area contributed by atoms with Crippen LogP contribution in [0.3, 0.4) is 0 Å². The molecule has 0 aliphatic carbocycles. The highest BCUT2D eigenvalue weighted by molar-refractivity contribution is 5.89. The number of carbonyl (C=O) groups excluding carboxylic acids is 1. The molecule has 2 amide bonds. The van der Waals surface area contributed by atoms with E-state index in [4.69, 9.17) is 0 Å². The van der Waals surface area contributed by atoms with E-state index in [0.29, 0.717) is 5.69 Å². The van der Waals surface area contributed by atoms with Crippen molar-refractivity contribution >= 4 is 11.7 Å². The van der Waals surface area contributed by atoms with E-state index >= 15 is 0 Å². The summed E-state index contributed by atoms with van der Waals surface area (Å²) in [5.41, 5.74) is 1.46. The summed E-state index contributed by atoms with van der Waals surface area (Å²) in [6.07, 6.45) is 0.354. The lowest BCUT2D eigenvalue weighted by Gasteiger charge is -2.17. The van der Waals surface area contributed by atoms with Gasteiger partial charge in [-0.1, -0.05) is 12.1 Å². The van der Waals surface area contributed by atoms with Crippen LogP contribution in [0.4, 0.5) is 10.5 Å². The summed E-state index contributed by atoms with van der Waals surface area (Å²) in [6, 6.07) is 7.10. The second kappa shape index (κ2) is 7.87. The highest BCUT2D eigenvalue weighted by atomic mass is 16.3. The number of nitrogens with zero attached hydrogens (tertiary/aromatic N) is 1. The summed E-state index contributed by atoms with van der Waals surface area (Å²) in [5.74, 6) is 0. The normalized spacial score (nSPS) is 13.9. The van der Waals surface area contributed by atoms with Crippen LogP contribution >= 0.6 is 0 Å². The molecule has 0 saturated heterocycles. The highest BCUT2D eigenvalue weighted by Gasteiger charge is 2.08. The van der Waals surface area contributed by atoms with Crippen molar-refractivity contribution in [3.05, 3.63) is 29.8 Å². The van der Waals surface area contributed by atoms with E-state index in [9.17, 15) is 9.90 Å². The second-order valence-electron chi connectivity index (χ2n) is 5.39. The number of nitrogens with one attached hydrogen (secondary N) is 2. The van der Waals surface area contributed by atoms with Crippen molar-refractivity contribution in [1.29, 1.82) is 0 Å². The molecular weight excluding hydrogens is 254 g/mol. The van der Waals surface area contributed by atoms with Crippen LogP contribution in [0.1, 0.15) is 31.9 Å². The topological polar surface area (TPSA) is 64.6 Å². The summed E-state index contributed by atoms with van der Waals surface area (Å²) in [6.45, 7) is 4.61. The van der Waals surface area contributed by atoms with Gasteiger partial charge in [0.05, 0.1) is 6.10 Å². The number of amides is 2. The van der Waals surface area contributed by atoms with Crippen molar-refractivity contribution in [3.8, 4) is 0 Å². The molecule has 0 radical (unpaired) electrons. The van der Waals surface area contributed by atoms with Crippen molar-refractivity contribution < 1.29 is 9.90 Å². The molecule has 0 bridgehead atoms. The fraction of sp³-hybridized carbons (Fsp3) is 0.533. The van der Waals surface area contributed by atoms with Crippen molar-refractivity contribution in [2.75, 3.05) is 26.0 Å². The predicted octanol–water partition coefficient (Wildman–Crippen LogP) is 2.20. The molecular formula is C15H25N3O2. The molecule has 2 unspecified atom stereocenters. The van der Waals surface area contributed by atoms with E-state index in [0.717, 1.165) is 18.5 Å². The Hall–Kier alpha value is -1.59. The van der Waals surface area contributed by atoms with E-state index in [1.807, 2.05) is 33.2 Å². The Morgan fingerprint density at radius 2 is 2.05 bits per heavy atom. The highest BCUT2D eigenvalue weighted by Crippen LogP contribution is 2.16. The Bertz CT molecular complexity index is 433. The number of hydrogen-bond donors (Lipinski definition) is 3. The number of carbonyl (C=O) groups is 1. The molecule has 112 valence electrons. The van der Waals surface area contributed by atoms with Gasteiger partial charge in [0.2, 0.25) is 0 Å². The summed E-state index contributed by atoms with van der Waals surface area (Å²) >= 11 is 0. The molecule has 0 aliphatic rings. The van der Waals surface area contributed by atoms with Gasteiger partial charge in [0.1, 0.15) is 0 Å². The maximum Gasteiger partial charge on any atom is 0.319 e. The molecule has 0 heterocycles. The molecule has 0 aliphatic heterocycles. The molecule has 20 heavy (non-hydrogen) atoms. The first-order valence-corrected chi connectivity index (χ1v) is 6.88. The lowest BCUT2D eigenvalue weighted by atomic mass is 10.1. The van der Waals surface area contributed by atoms with E-state index in [1.165, 1.54) is 0 Å². The molecule has 0 aromatic heterocycles. The summed E-state index contributed by atoms with van der Waals surface area (Å²) in [4.78, 5) is 13.9. The quantitative estimate of drug-likeness (QED) is 0.748. The number of aliphatic hydroxyl groups excluding tert-OH is 1. The Morgan fingerprint density at radius 1 is 1.35 bits per heavy atom. The van der Waals surface area contributed by atoms with Crippen LogP contribution < -0.4 is 10.6 Å². The molecule has 1 rings (SSSR count). The summed E-state index contributed by atoms with van der Waals surface area (Å²) < 4.78 is 0. The van der Waals surface area contributed by atoms with Gasteiger partial charge >= 0.3 is 6.03 Å². The molecule has 0 saturated carbocycles. The number of hydrogen-bond acceptors (Lipinski definition) is 3. The average Bonchev–Trinajstić information content (AvgIpc) is 2.36. The zero-order chi connectivity index (χ0) is 15.1. The molecule has 0 spiro atoms. The molecule has 3 N–H and O–H groups in total. The van der Waals surface area contributed by atoms with Crippen LogP contribution in [0.5, 0.6) is 0 Å². The van der Waals surface area contributed by atoms with Gasteiger partial charge in [-0.25, -0.2) is 4.79 Å². The zero-order valence-corrected chi connectivity index (χ0v) is 12.7. The minimum Gasteiger partial charge on any atom is -0.389 e. The van der Waals surface area contributed by atoms with E-state index in [1.54, 1.807) is 19.1 Å². The van der Waals surface area contributed by atoms with Crippen molar-refractivity contribution in [1.82, 2.24) is 10.2 Å². The van der Waals surface area contributed by atoms with Crippen LogP contribution in [-0.2, 0) is 0 Å². The zero-order valence-electron chi connectivity index (χ0n) is 12.7. The molecule has 1 aromatic rings. The maximum atomic E-state index is 11.9. The van der Waals surface area contributed by atoms with Gasteiger partial charge in [-0.2, -0.15) is 0 Å². The van der Waals surface area contributed by atoms with Crippen LogP contribution in [0.15, 0.2) is 24.3 Å². The Morgan fingerprint density at radius 3 is 2.65 bits per heavy atom. The summed E-state index contributed by atoms with van der Waals surface area (Å²) in [7, 11) is 4.02. The first kappa shape index (κ1) is 16.5. The number of aliphatic hydroxyl groups is 1. The van der Waals surface area contributed by atoms with E-state index in [-0.39, 0.29) is 12.1 Å². The van der Waals surface area contributed by atoms with Crippen molar-refractivity contribution in [2.24, 2.45) is 0 Å². The van der Waals surface area contributed by atoms with Crippen molar-refractivity contribution in [2.45, 2.75) is 32.4 Å². The van der Waals surface area contributed by atoms with Gasteiger partial charge in [-0.15, -0.1) is 0 Å². The maximum absolute atomic E-state index is 11.9. The smallest absolute Gasteiger partial charge is 0.319 e. The average molecular weight is 279 g/mol. The Kier molecular flexibility index (Phi) is 6.48. The Balaban J connectivity index is 2.47.